The molecule has 0 heterocycles. The van der Waals surface area contributed by atoms with E-state index in [0.29, 0.717) is 4.90 Å². The normalized spacial score (nSPS) is 16.0. The number of aliphatic hydroxyl groups excluding tert-OH is 1. The molecule has 7 heteroatoms. The van der Waals surface area contributed by atoms with Crippen LogP contribution < -0.4 is 0 Å². The predicted molar refractivity (Wildman–Crippen MR) is 74.0 cm³/mol. The van der Waals surface area contributed by atoms with Gasteiger partial charge in [-0.15, -0.1) is 0 Å². The summed E-state index contributed by atoms with van der Waals surface area (Å²) in [6, 6.07) is 5.24. The molecule has 0 unspecified atom stereocenters. The molecular formula is C15H19F4NO2. The van der Waals surface area contributed by atoms with Crippen LogP contribution in [-0.2, 0) is 4.79 Å². The third-order valence-corrected chi connectivity index (χ3v) is 3.54. The van der Waals surface area contributed by atoms with E-state index in [4.69, 9.17) is 0 Å². The molecule has 0 aliphatic heterocycles. The van der Waals surface area contributed by atoms with Gasteiger partial charge in [0.1, 0.15) is 6.10 Å². The number of rotatable bonds is 5. The third-order valence-electron chi connectivity index (χ3n) is 3.54. The number of halogens is 4. The van der Waals surface area contributed by atoms with Crippen molar-refractivity contribution in [2.45, 2.75) is 38.7 Å². The van der Waals surface area contributed by atoms with Crippen LogP contribution in [0.25, 0.3) is 0 Å². The van der Waals surface area contributed by atoms with Crippen LogP contribution in [0.2, 0.25) is 0 Å². The predicted octanol–water partition coefficient (Wildman–Crippen LogP) is 3.17. The summed E-state index contributed by atoms with van der Waals surface area (Å²) in [6.07, 6.45) is -8.15. The lowest BCUT2D eigenvalue weighted by Gasteiger charge is -2.35. The average Bonchev–Trinajstić information content (AvgIpc) is 2.46. The molecule has 3 nitrogen and oxygen atoms in total. The van der Waals surface area contributed by atoms with Crippen LogP contribution in [0.4, 0.5) is 17.6 Å². The van der Waals surface area contributed by atoms with Crippen molar-refractivity contribution in [1.29, 1.82) is 0 Å². The Morgan fingerprint density at radius 2 is 1.59 bits per heavy atom. The highest BCUT2D eigenvalue weighted by Gasteiger charge is 2.67. The first-order valence-electron chi connectivity index (χ1n) is 6.89. The molecule has 0 spiro atoms. The summed E-state index contributed by atoms with van der Waals surface area (Å²) >= 11 is 0. The maximum Gasteiger partial charge on any atom is 0.434 e. The highest BCUT2D eigenvalue weighted by atomic mass is 19.4. The maximum absolute atomic E-state index is 14.7. The van der Waals surface area contributed by atoms with Gasteiger partial charge in [-0.1, -0.05) is 29.8 Å². The second kappa shape index (κ2) is 6.64. The monoisotopic (exact) mass is 321 g/mol. The van der Waals surface area contributed by atoms with Crippen LogP contribution in [0.5, 0.6) is 0 Å². The van der Waals surface area contributed by atoms with E-state index in [-0.39, 0.29) is 18.7 Å². The summed E-state index contributed by atoms with van der Waals surface area (Å²) in [4.78, 5) is 12.7. The van der Waals surface area contributed by atoms with Gasteiger partial charge in [-0.2, -0.15) is 13.2 Å². The van der Waals surface area contributed by atoms with E-state index < -0.39 is 23.9 Å². The van der Waals surface area contributed by atoms with E-state index in [0.717, 1.165) is 5.56 Å². The Bertz CT molecular complexity index is 511. The van der Waals surface area contributed by atoms with E-state index in [1.807, 2.05) is 0 Å². The number of amides is 1. The Kier molecular flexibility index (Phi) is 5.56. The van der Waals surface area contributed by atoms with E-state index >= 15 is 0 Å². The van der Waals surface area contributed by atoms with Crippen molar-refractivity contribution in [2.75, 3.05) is 13.1 Å². The standard InChI is InChI=1S/C15H19F4NO2/c1-4-20(5-2)13(22)14(16,15(17,18)19)12(21)11-8-6-10(3)7-9-11/h6-9,12,21H,4-5H2,1-3H3/t12-,14-/m1/s1. The molecule has 1 aromatic rings. The van der Waals surface area contributed by atoms with Gasteiger partial charge in [0.25, 0.3) is 5.91 Å². The Labute approximate surface area is 126 Å². The summed E-state index contributed by atoms with van der Waals surface area (Å²) in [7, 11) is 0. The number of benzene rings is 1. The molecule has 1 N–H and O–H groups in total. The summed E-state index contributed by atoms with van der Waals surface area (Å²) in [5, 5.41) is 9.93. The van der Waals surface area contributed by atoms with Gasteiger partial charge in [0.15, 0.2) is 0 Å². The second-order valence-electron chi connectivity index (χ2n) is 5.00. The Balaban J connectivity index is 3.33. The van der Waals surface area contributed by atoms with Crippen LogP contribution in [-0.4, -0.2) is 40.8 Å². The van der Waals surface area contributed by atoms with Gasteiger partial charge in [0.2, 0.25) is 0 Å². The number of hydrogen-bond acceptors (Lipinski definition) is 2. The fourth-order valence-electron chi connectivity index (χ4n) is 2.11. The summed E-state index contributed by atoms with van der Waals surface area (Å²) < 4.78 is 54.4. The molecule has 0 radical (unpaired) electrons. The minimum atomic E-state index is -5.53. The van der Waals surface area contributed by atoms with Gasteiger partial charge in [0.05, 0.1) is 0 Å². The average molecular weight is 321 g/mol. The fourth-order valence-corrected chi connectivity index (χ4v) is 2.11. The van der Waals surface area contributed by atoms with Gasteiger partial charge in [0, 0.05) is 13.1 Å². The minimum Gasteiger partial charge on any atom is -0.384 e. The van der Waals surface area contributed by atoms with Crippen molar-refractivity contribution in [3.8, 4) is 0 Å². The van der Waals surface area contributed by atoms with Crippen LogP contribution in [0.1, 0.15) is 31.1 Å². The number of hydrogen-bond donors (Lipinski definition) is 1. The Morgan fingerprint density at radius 3 is 1.95 bits per heavy atom. The highest BCUT2D eigenvalue weighted by molar-refractivity contribution is 5.87. The zero-order valence-electron chi connectivity index (χ0n) is 12.6. The fraction of sp³-hybridized carbons (Fsp3) is 0.533. The molecular weight excluding hydrogens is 302 g/mol. The van der Waals surface area contributed by atoms with Crippen molar-refractivity contribution in [2.24, 2.45) is 0 Å². The lowest BCUT2D eigenvalue weighted by Crippen LogP contribution is -2.58. The molecule has 22 heavy (non-hydrogen) atoms. The molecule has 0 fully saturated rings. The maximum atomic E-state index is 14.7. The van der Waals surface area contributed by atoms with Gasteiger partial charge < -0.3 is 10.0 Å². The summed E-state index contributed by atoms with van der Waals surface area (Å²) in [5.74, 6) is -1.78. The smallest absolute Gasteiger partial charge is 0.384 e. The number of aryl methyl sites for hydroxylation is 1. The quantitative estimate of drug-likeness (QED) is 0.846. The van der Waals surface area contributed by atoms with Gasteiger partial charge >= 0.3 is 11.8 Å². The van der Waals surface area contributed by atoms with Crippen LogP contribution in [0.3, 0.4) is 0 Å². The van der Waals surface area contributed by atoms with Crippen LogP contribution >= 0.6 is 0 Å². The lowest BCUT2D eigenvalue weighted by molar-refractivity contribution is -0.257. The second-order valence-corrected chi connectivity index (χ2v) is 5.00. The Hall–Kier alpha value is -1.63. The number of carbonyl (C=O) groups is 1. The number of alkyl halides is 4. The van der Waals surface area contributed by atoms with Crippen LogP contribution in [0.15, 0.2) is 24.3 Å². The molecule has 0 saturated heterocycles. The first-order chi connectivity index (χ1) is 10.1. The van der Waals surface area contributed by atoms with Crippen molar-refractivity contribution in [3.05, 3.63) is 35.4 Å². The topological polar surface area (TPSA) is 40.5 Å². The summed E-state index contributed by atoms with van der Waals surface area (Å²) in [5.41, 5.74) is -3.94. The van der Waals surface area contributed by atoms with Crippen LogP contribution in [0, 0.1) is 6.92 Å². The molecule has 1 rings (SSSR count). The number of aliphatic hydroxyl groups is 1. The molecule has 0 aliphatic carbocycles. The van der Waals surface area contributed by atoms with Crippen molar-refractivity contribution in [3.63, 3.8) is 0 Å². The van der Waals surface area contributed by atoms with Gasteiger partial charge in [-0.3, -0.25) is 4.79 Å². The molecule has 0 aliphatic rings. The first-order valence-corrected chi connectivity index (χ1v) is 6.89. The van der Waals surface area contributed by atoms with Crippen molar-refractivity contribution < 1.29 is 27.5 Å². The molecule has 0 aromatic heterocycles. The molecule has 2 atom stereocenters. The minimum absolute atomic E-state index is 0.0856. The number of carbonyl (C=O) groups excluding carboxylic acids is 1. The SMILES string of the molecule is CCN(CC)C(=O)[C@](F)([C@H](O)c1ccc(C)cc1)C(F)(F)F. The third kappa shape index (κ3) is 3.24. The zero-order chi connectivity index (χ0) is 17.1. The van der Waals surface area contributed by atoms with E-state index in [1.165, 1.54) is 38.1 Å². The summed E-state index contributed by atoms with van der Waals surface area (Å²) in [6.45, 7) is 4.41. The molecule has 1 aromatic carbocycles. The zero-order valence-corrected chi connectivity index (χ0v) is 12.6. The van der Waals surface area contributed by atoms with E-state index in [1.54, 1.807) is 6.92 Å². The lowest BCUT2D eigenvalue weighted by atomic mass is 9.90. The Morgan fingerprint density at radius 1 is 1.14 bits per heavy atom. The highest BCUT2D eigenvalue weighted by Crippen LogP contribution is 2.44. The van der Waals surface area contributed by atoms with E-state index in [2.05, 4.69) is 0 Å². The molecule has 1 amide bonds. The van der Waals surface area contributed by atoms with Gasteiger partial charge in [-0.05, 0) is 26.3 Å². The molecule has 124 valence electrons. The molecule has 0 bridgehead atoms. The largest absolute Gasteiger partial charge is 0.434 e. The first kappa shape index (κ1) is 18.4. The van der Waals surface area contributed by atoms with E-state index in [9.17, 15) is 27.5 Å². The van der Waals surface area contributed by atoms with Crippen molar-refractivity contribution in [1.82, 2.24) is 4.90 Å². The molecule has 0 saturated carbocycles. The van der Waals surface area contributed by atoms with Gasteiger partial charge in [-0.25, -0.2) is 4.39 Å². The van der Waals surface area contributed by atoms with Crippen molar-refractivity contribution >= 4 is 5.91 Å². The number of nitrogens with zero attached hydrogens (tertiary/aromatic N) is 1.